The number of aryl methyl sites for hydroxylation is 1. The van der Waals surface area contributed by atoms with Crippen LogP contribution in [-0.2, 0) is 17.6 Å². The van der Waals surface area contributed by atoms with Crippen LogP contribution in [0.15, 0.2) is 36.4 Å². The Bertz CT molecular complexity index is 822. The minimum Gasteiger partial charge on any atom is -0.338 e. The van der Waals surface area contributed by atoms with E-state index in [4.69, 9.17) is 0 Å². The molecule has 2 amide bonds. The molecule has 27 heavy (non-hydrogen) atoms. The van der Waals surface area contributed by atoms with Gasteiger partial charge in [0.25, 0.3) is 5.91 Å². The summed E-state index contributed by atoms with van der Waals surface area (Å²) in [5.41, 5.74) is 2.03. The third-order valence-electron chi connectivity index (χ3n) is 5.78. The summed E-state index contributed by atoms with van der Waals surface area (Å²) in [6, 6.07) is 11.6. The van der Waals surface area contributed by atoms with Crippen molar-refractivity contribution in [1.82, 2.24) is 4.90 Å². The van der Waals surface area contributed by atoms with Crippen molar-refractivity contribution >= 4 is 28.8 Å². The van der Waals surface area contributed by atoms with Gasteiger partial charge in [0.15, 0.2) is 0 Å². The number of thiophene rings is 1. The molecule has 5 heteroatoms. The molecule has 4 nitrogen and oxygen atoms in total. The first kappa shape index (κ1) is 18.2. The zero-order chi connectivity index (χ0) is 18.8. The fourth-order valence-electron chi connectivity index (χ4n) is 3.99. The SMILES string of the molecule is CC1CCN(C(=O)c2cc3c(s2)CCC(C(=O)Nc2ccccc2)C3)CC1. The average Bonchev–Trinajstić information content (AvgIpc) is 3.12. The van der Waals surface area contributed by atoms with Crippen LogP contribution in [-0.4, -0.2) is 29.8 Å². The van der Waals surface area contributed by atoms with Crippen LogP contribution in [0.4, 0.5) is 5.69 Å². The summed E-state index contributed by atoms with van der Waals surface area (Å²) in [6.07, 6.45) is 4.66. The van der Waals surface area contributed by atoms with Gasteiger partial charge in [0.1, 0.15) is 0 Å². The van der Waals surface area contributed by atoms with Gasteiger partial charge in [0.05, 0.1) is 4.88 Å². The van der Waals surface area contributed by atoms with Crippen LogP contribution in [0.2, 0.25) is 0 Å². The second-order valence-corrected chi connectivity index (χ2v) is 8.97. The lowest BCUT2D eigenvalue weighted by Gasteiger charge is -2.29. The van der Waals surface area contributed by atoms with E-state index in [1.165, 1.54) is 10.4 Å². The standard InChI is InChI=1S/C22H26N2O2S/c1-15-9-11-24(12-10-15)22(26)20-14-17-13-16(7-8-19(17)27-20)21(25)23-18-5-3-2-4-6-18/h2-6,14-16H,7-13H2,1H3,(H,23,25). The molecule has 1 aliphatic heterocycles. The molecule has 1 aliphatic carbocycles. The van der Waals surface area contributed by atoms with E-state index in [0.29, 0.717) is 0 Å². The van der Waals surface area contributed by atoms with Gasteiger partial charge < -0.3 is 10.2 Å². The molecule has 1 N–H and O–H groups in total. The lowest BCUT2D eigenvalue weighted by atomic mass is 9.87. The normalized spacial score (nSPS) is 20.2. The van der Waals surface area contributed by atoms with E-state index in [9.17, 15) is 9.59 Å². The van der Waals surface area contributed by atoms with Crippen LogP contribution in [0.25, 0.3) is 0 Å². The number of carbonyl (C=O) groups is 2. The number of benzene rings is 1. The number of nitrogens with one attached hydrogen (secondary N) is 1. The van der Waals surface area contributed by atoms with Gasteiger partial charge in [-0.2, -0.15) is 0 Å². The maximum Gasteiger partial charge on any atom is 0.263 e. The van der Waals surface area contributed by atoms with Crippen LogP contribution < -0.4 is 5.32 Å². The van der Waals surface area contributed by atoms with Gasteiger partial charge in [-0.25, -0.2) is 0 Å². The number of amides is 2. The third kappa shape index (κ3) is 4.08. The molecule has 1 fully saturated rings. The Balaban J connectivity index is 1.41. The molecule has 0 radical (unpaired) electrons. The lowest BCUT2D eigenvalue weighted by Crippen LogP contribution is -2.37. The summed E-state index contributed by atoms with van der Waals surface area (Å²) in [5.74, 6) is 0.947. The van der Waals surface area contributed by atoms with Gasteiger partial charge in [0.2, 0.25) is 5.91 Å². The van der Waals surface area contributed by atoms with Crippen molar-refractivity contribution in [3.8, 4) is 0 Å². The number of likely N-dealkylation sites (tertiary alicyclic amines) is 1. The van der Waals surface area contributed by atoms with E-state index in [2.05, 4.69) is 12.2 Å². The van der Waals surface area contributed by atoms with Gasteiger partial charge in [0, 0.05) is 29.6 Å². The van der Waals surface area contributed by atoms with E-state index in [1.807, 2.05) is 41.3 Å². The molecule has 4 rings (SSSR count). The maximum atomic E-state index is 12.8. The summed E-state index contributed by atoms with van der Waals surface area (Å²) < 4.78 is 0. The number of para-hydroxylation sites is 1. The van der Waals surface area contributed by atoms with Crippen LogP contribution in [0.5, 0.6) is 0 Å². The molecule has 1 aromatic carbocycles. The number of hydrogen-bond acceptors (Lipinski definition) is 3. The van der Waals surface area contributed by atoms with Crippen LogP contribution in [0, 0.1) is 11.8 Å². The maximum absolute atomic E-state index is 12.8. The Labute approximate surface area is 164 Å². The molecule has 1 saturated heterocycles. The van der Waals surface area contributed by atoms with Crippen molar-refractivity contribution in [2.24, 2.45) is 11.8 Å². The minimum absolute atomic E-state index is 0.0221. The number of hydrogen-bond donors (Lipinski definition) is 1. The fraction of sp³-hybridized carbons (Fsp3) is 0.455. The molecule has 2 heterocycles. The Kier molecular flexibility index (Phi) is 5.30. The second kappa shape index (κ2) is 7.85. The number of piperidine rings is 1. The highest BCUT2D eigenvalue weighted by molar-refractivity contribution is 7.14. The van der Waals surface area contributed by atoms with E-state index < -0.39 is 0 Å². The molecule has 2 aromatic rings. The first-order valence-corrected chi connectivity index (χ1v) is 10.7. The van der Waals surface area contributed by atoms with Crippen LogP contribution in [0.1, 0.15) is 46.3 Å². The number of rotatable bonds is 3. The third-order valence-corrected chi connectivity index (χ3v) is 7.00. The molecule has 142 valence electrons. The quantitative estimate of drug-likeness (QED) is 0.857. The number of fused-ring (bicyclic) bond motifs is 1. The fourth-order valence-corrected chi connectivity index (χ4v) is 5.16. The highest BCUT2D eigenvalue weighted by atomic mass is 32.1. The van der Waals surface area contributed by atoms with Crippen molar-refractivity contribution in [3.05, 3.63) is 51.7 Å². The Morgan fingerprint density at radius 3 is 2.59 bits per heavy atom. The van der Waals surface area contributed by atoms with E-state index in [1.54, 1.807) is 11.3 Å². The smallest absolute Gasteiger partial charge is 0.263 e. The molecule has 0 bridgehead atoms. The van der Waals surface area contributed by atoms with Crippen molar-refractivity contribution < 1.29 is 9.59 Å². The predicted molar refractivity (Wildman–Crippen MR) is 109 cm³/mol. The van der Waals surface area contributed by atoms with E-state index in [-0.39, 0.29) is 17.7 Å². The molecule has 1 unspecified atom stereocenters. The summed E-state index contributed by atoms with van der Waals surface area (Å²) in [5, 5.41) is 3.02. The monoisotopic (exact) mass is 382 g/mol. The van der Waals surface area contributed by atoms with Crippen LogP contribution >= 0.6 is 11.3 Å². The largest absolute Gasteiger partial charge is 0.338 e. The minimum atomic E-state index is -0.0221. The first-order chi connectivity index (χ1) is 13.1. The van der Waals surface area contributed by atoms with Gasteiger partial charge >= 0.3 is 0 Å². The Morgan fingerprint density at radius 2 is 1.85 bits per heavy atom. The van der Waals surface area contributed by atoms with Gasteiger partial charge in [-0.3, -0.25) is 9.59 Å². The Hall–Kier alpha value is -2.14. The molecule has 0 saturated carbocycles. The molecule has 1 aromatic heterocycles. The summed E-state index contributed by atoms with van der Waals surface area (Å²) in [4.78, 5) is 29.6. The first-order valence-electron chi connectivity index (χ1n) is 9.87. The number of nitrogens with zero attached hydrogens (tertiary/aromatic N) is 1. The molecule has 2 aliphatic rings. The highest BCUT2D eigenvalue weighted by Gasteiger charge is 2.29. The van der Waals surface area contributed by atoms with Gasteiger partial charge in [-0.1, -0.05) is 25.1 Å². The summed E-state index contributed by atoms with van der Waals surface area (Å²) in [7, 11) is 0. The zero-order valence-corrected chi connectivity index (χ0v) is 16.6. The number of anilines is 1. The number of carbonyl (C=O) groups excluding carboxylic acids is 2. The van der Waals surface area contributed by atoms with Crippen molar-refractivity contribution in [2.75, 3.05) is 18.4 Å². The zero-order valence-electron chi connectivity index (χ0n) is 15.7. The lowest BCUT2D eigenvalue weighted by molar-refractivity contribution is -0.120. The van der Waals surface area contributed by atoms with Gasteiger partial charge in [-0.15, -0.1) is 11.3 Å². The predicted octanol–water partition coefficient (Wildman–Crippen LogP) is 4.36. The molecular formula is C22H26N2O2S. The second-order valence-electron chi connectivity index (χ2n) is 7.83. The van der Waals surface area contributed by atoms with E-state index >= 15 is 0 Å². The topological polar surface area (TPSA) is 49.4 Å². The molecule has 0 spiro atoms. The van der Waals surface area contributed by atoms with Crippen molar-refractivity contribution in [1.29, 1.82) is 0 Å². The van der Waals surface area contributed by atoms with Crippen molar-refractivity contribution in [2.45, 2.75) is 39.0 Å². The summed E-state index contributed by atoms with van der Waals surface area (Å²) in [6.45, 7) is 3.99. The van der Waals surface area contributed by atoms with E-state index in [0.717, 1.165) is 61.7 Å². The Morgan fingerprint density at radius 1 is 1.11 bits per heavy atom. The van der Waals surface area contributed by atoms with Crippen LogP contribution in [0.3, 0.4) is 0 Å². The summed E-state index contributed by atoms with van der Waals surface area (Å²) >= 11 is 1.63. The molecular weight excluding hydrogens is 356 g/mol. The van der Waals surface area contributed by atoms with Gasteiger partial charge in [-0.05, 0) is 61.8 Å². The molecule has 1 atom stereocenters. The highest BCUT2D eigenvalue weighted by Crippen LogP contribution is 2.34. The average molecular weight is 383 g/mol. The van der Waals surface area contributed by atoms with Crippen molar-refractivity contribution in [3.63, 3.8) is 0 Å².